The number of nitrogens with one attached hydrogen (secondary N) is 1. The maximum atomic E-state index is 5.60. The Morgan fingerprint density at radius 1 is 1.24 bits per heavy atom. The molecule has 2 rings (SSSR count). The van der Waals surface area contributed by atoms with Gasteiger partial charge in [0, 0.05) is 12.1 Å². The van der Waals surface area contributed by atoms with Gasteiger partial charge in [-0.15, -0.1) is 0 Å². The van der Waals surface area contributed by atoms with Crippen LogP contribution in [0.25, 0.3) is 0 Å². The molecule has 4 nitrogen and oxygen atoms in total. The van der Waals surface area contributed by atoms with Crippen molar-refractivity contribution in [2.75, 3.05) is 11.1 Å². The number of nitrogens with zero attached hydrogens (tertiary/aromatic N) is 2. The number of nitrogens with two attached hydrogens (primary N) is 1. The number of hydrogen-bond donors (Lipinski definition) is 2. The SMILES string of the molecule is CC(Cc1ccccc1)Nc1cc(N)ncn1. The molecular weight excluding hydrogens is 212 g/mol. The molecule has 3 N–H and O–H groups in total. The molecule has 88 valence electrons. The third-order valence-electron chi connectivity index (χ3n) is 2.47. The number of anilines is 2. The van der Waals surface area contributed by atoms with Gasteiger partial charge >= 0.3 is 0 Å². The van der Waals surface area contributed by atoms with Crippen LogP contribution in [-0.2, 0) is 6.42 Å². The summed E-state index contributed by atoms with van der Waals surface area (Å²) in [7, 11) is 0. The van der Waals surface area contributed by atoms with E-state index in [1.807, 2.05) is 18.2 Å². The first-order valence-electron chi connectivity index (χ1n) is 5.62. The van der Waals surface area contributed by atoms with Gasteiger partial charge < -0.3 is 11.1 Å². The second-order valence-electron chi connectivity index (χ2n) is 4.06. The van der Waals surface area contributed by atoms with Crippen LogP contribution in [0.15, 0.2) is 42.7 Å². The molecule has 0 aliphatic heterocycles. The lowest BCUT2D eigenvalue weighted by molar-refractivity contribution is 0.784. The van der Waals surface area contributed by atoms with Crippen molar-refractivity contribution in [1.29, 1.82) is 0 Å². The predicted molar refractivity (Wildman–Crippen MR) is 69.7 cm³/mol. The Morgan fingerprint density at radius 2 is 2.00 bits per heavy atom. The van der Waals surface area contributed by atoms with Crippen LogP contribution in [0.3, 0.4) is 0 Å². The Hall–Kier alpha value is -2.10. The zero-order chi connectivity index (χ0) is 12.1. The second kappa shape index (κ2) is 5.30. The maximum Gasteiger partial charge on any atom is 0.131 e. The van der Waals surface area contributed by atoms with Crippen molar-refractivity contribution >= 4 is 11.6 Å². The van der Waals surface area contributed by atoms with Crippen molar-refractivity contribution in [2.45, 2.75) is 19.4 Å². The van der Waals surface area contributed by atoms with Gasteiger partial charge in [-0.2, -0.15) is 0 Å². The molecule has 0 aliphatic carbocycles. The molecule has 0 bridgehead atoms. The van der Waals surface area contributed by atoms with Crippen LogP contribution >= 0.6 is 0 Å². The van der Waals surface area contributed by atoms with Gasteiger partial charge in [0.05, 0.1) is 0 Å². The van der Waals surface area contributed by atoms with E-state index in [-0.39, 0.29) is 0 Å². The summed E-state index contributed by atoms with van der Waals surface area (Å²) < 4.78 is 0. The number of aromatic nitrogens is 2. The monoisotopic (exact) mass is 228 g/mol. The normalized spacial score (nSPS) is 12.1. The third kappa shape index (κ3) is 3.45. The predicted octanol–water partition coefficient (Wildman–Crippen LogP) is 2.10. The van der Waals surface area contributed by atoms with Gasteiger partial charge in [0.2, 0.25) is 0 Å². The Labute approximate surface area is 101 Å². The standard InChI is InChI=1S/C13H16N4/c1-10(7-11-5-3-2-4-6-11)17-13-8-12(14)15-9-16-13/h2-6,8-10H,7H2,1H3,(H3,14,15,16,17). The van der Waals surface area contributed by atoms with Crippen molar-refractivity contribution < 1.29 is 0 Å². The molecule has 4 heteroatoms. The fourth-order valence-corrected chi connectivity index (χ4v) is 1.72. The lowest BCUT2D eigenvalue weighted by atomic mass is 10.1. The zero-order valence-electron chi connectivity index (χ0n) is 9.80. The highest BCUT2D eigenvalue weighted by Gasteiger charge is 2.04. The Balaban J connectivity index is 1.96. The highest BCUT2D eigenvalue weighted by Crippen LogP contribution is 2.09. The minimum Gasteiger partial charge on any atom is -0.384 e. The fourth-order valence-electron chi connectivity index (χ4n) is 1.72. The minimum absolute atomic E-state index is 0.298. The molecule has 1 unspecified atom stereocenters. The average Bonchev–Trinajstić information content (AvgIpc) is 2.30. The first-order valence-corrected chi connectivity index (χ1v) is 5.62. The van der Waals surface area contributed by atoms with Crippen molar-refractivity contribution in [2.24, 2.45) is 0 Å². The van der Waals surface area contributed by atoms with E-state index in [1.165, 1.54) is 11.9 Å². The zero-order valence-corrected chi connectivity index (χ0v) is 9.80. The molecule has 0 saturated heterocycles. The summed E-state index contributed by atoms with van der Waals surface area (Å²) in [5.41, 5.74) is 6.90. The minimum atomic E-state index is 0.298. The van der Waals surface area contributed by atoms with E-state index < -0.39 is 0 Å². The van der Waals surface area contributed by atoms with Crippen LogP contribution in [0.4, 0.5) is 11.6 Å². The van der Waals surface area contributed by atoms with Crippen LogP contribution in [0.1, 0.15) is 12.5 Å². The van der Waals surface area contributed by atoms with Crippen molar-refractivity contribution in [1.82, 2.24) is 9.97 Å². The molecular formula is C13H16N4. The quantitative estimate of drug-likeness (QED) is 0.841. The summed E-state index contributed by atoms with van der Waals surface area (Å²) in [5.74, 6) is 1.25. The lowest BCUT2D eigenvalue weighted by Crippen LogP contribution is -2.19. The summed E-state index contributed by atoms with van der Waals surface area (Å²) in [6.07, 6.45) is 2.41. The van der Waals surface area contributed by atoms with E-state index in [9.17, 15) is 0 Å². The molecule has 0 aliphatic rings. The molecule has 0 amide bonds. The molecule has 2 aromatic rings. The van der Waals surface area contributed by atoms with Gasteiger partial charge in [-0.3, -0.25) is 0 Å². The molecule has 0 radical (unpaired) electrons. The van der Waals surface area contributed by atoms with E-state index in [0.29, 0.717) is 11.9 Å². The third-order valence-corrected chi connectivity index (χ3v) is 2.47. The van der Waals surface area contributed by atoms with Crippen molar-refractivity contribution in [3.8, 4) is 0 Å². The van der Waals surface area contributed by atoms with Crippen molar-refractivity contribution in [3.05, 3.63) is 48.3 Å². The maximum absolute atomic E-state index is 5.60. The van der Waals surface area contributed by atoms with Crippen LogP contribution in [0.5, 0.6) is 0 Å². The molecule has 1 aromatic heterocycles. The van der Waals surface area contributed by atoms with Gasteiger partial charge in [0.1, 0.15) is 18.0 Å². The van der Waals surface area contributed by atoms with Gasteiger partial charge in [-0.25, -0.2) is 9.97 Å². The van der Waals surface area contributed by atoms with Gasteiger partial charge in [-0.05, 0) is 18.9 Å². The smallest absolute Gasteiger partial charge is 0.131 e. The van der Waals surface area contributed by atoms with Crippen LogP contribution < -0.4 is 11.1 Å². The lowest BCUT2D eigenvalue weighted by Gasteiger charge is -2.14. The van der Waals surface area contributed by atoms with Gasteiger partial charge in [-0.1, -0.05) is 30.3 Å². The van der Waals surface area contributed by atoms with E-state index in [2.05, 4.69) is 34.3 Å². The highest BCUT2D eigenvalue weighted by molar-refractivity contribution is 5.44. The molecule has 1 atom stereocenters. The van der Waals surface area contributed by atoms with E-state index in [1.54, 1.807) is 6.07 Å². The number of rotatable bonds is 4. The summed E-state index contributed by atoms with van der Waals surface area (Å²) in [6.45, 7) is 2.12. The summed E-state index contributed by atoms with van der Waals surface area (Å²) in [5, 5.41) is 3.30. The number of nitrogen functional groups attached to an aromatic ring is 1. The summed E-state index contributed by atoms with van der Waals surface area (Å²) in [4.78, 5) is 7.98. The van der Waals surface area contributed by atoms with Crippen LogP contribution in [0, 0.1) is 0 Å². The van der Waals surface area contributed by atoms with E-state index in [0.717, 1.165) is 12.2 Å². The Kier molecular flexibility index (Phi) is 3.55. The topological polar surface area (TPSA) is 63.8 Å². The fraction of sp³-hybridized carbons (Fsp3) is 0.231. The molecule has 17 heavy (non-hydrogen) atoms. The van der Waals surface area contributed by atoms with Crippen LogP contribution in [0.2, 0.25) is 0 Å². The largest absolute Gasteiger partial charge is 0.384 e. The second-order valence-corrected chi connectivity index (χ2v) is 4.06. The first-order chi connectivity index (χ1) is 8.24. The van der Waals surface area contributed by atoms with Crippen molar-refractivity contribution in [3.63, 3.8) is 0 Å². The highest BCUT2D eigenvalue weighted by atomic mass is 15.0. The Bertz CT molecular complexity index is 470. The summed E-state index contributed by atoms with van der Waals surface area (Å²) in [6, 6.07) is 12.4. The van der Waals surface area contributed by atoms with Gasteiger partial charge in [0.15, 0.2) is 0 Å². The van der Waals surface area contributed by atoms with Crippen LogP contribution in [-0.4, -0.2) is 16.0 Å². The first kappa shape index (κ1) is 11.4. The molecule has 1 aromatic carbocycles. The Morgan fingerprint density at radius 3 is 2.71 bits per heavy atom. The summed E-state index contributed by atoms with van der Waals surface area (Å²) >= 11 is 0. The molecule has 0 fully saturated rings. The van der Waals surface area contributed by atoms with E-state index in [4.69, 9.17) is 5.73 Å². The number of benzene rings is 1. The van der Waals surface area contributed by atoms with Gasteiger partial charge in [0.25, 0.3) is 0 Å². The number of hydrogen-bond acceptors (Lipinski definition) is 4. The molecule has 0 saturated carbocycles. The molecule has 0 spiro atoms. The molecule has 1 heterocycles. The van der Waals surface area contributed by atoms with E-state index >= 15 is 0 Å². The average molecular weight is 228 g/mol.